The van der Waals surface area contributed by atoms with Gasteiger partial charge in [-0.15, -0.1) is 0 Å². The van der Waals surface area contributed by atoms with Crippen LogP contribution in [0.25, 0.3) is 16.8 Å². The Hall–Kier alpha value is -3.65. The molecule has 0 fully saturated rings. The van der Waals surface area contributed by atoms with Gasteiger partial charge in [-0.25, -0.2) is 13.8 Å². The van der Waals surface area contributed by atoms with Gasteiger partial charge in [0.25, 0.3) is 0 Å². The van der Waals surface area contributed by atoms with Crippen LogP contribution in [0.3, 0.4) is 0 Å². The van der Waals surface area contributed by atoms with Gasteiger partial charge in [-0.1, -0.05) is 19.1 Å². The Labute approximate surface area is 217 Å². The smallest absolute Gasteiger partial charge is 0.162 e. The van der Waals surface area contributed by atoms with Gasteiger partial charge in [-0.2, -0.15) is 0 Å². The molecule has 0 saturated carbocycles. The minimum atomic E-state index is -0.855. The number of aromatic nitrogens is 2. The van der Waals surface area contributed by atoms with E-state index >= 15 is 4.39 Å². The van der Waals surface area contributed by atoms with Gasteiger partial charge < -0.3 is 20.9 Å². The summed E-state index contributed by atoms with van der Waals surface area (Å²) in [4.78, 5) is 8.70. The Morgan fingerprint density at radius 3 is 2.68 bits per heavy atom. The van der Waals surface area contributed by atoms with Crippen molar-refractivity contribution in [2.24, 2.45) is 10.7 Å². The number of hydrogen-bond donors (Lipinski definition) is 3. The fraction of sp³-hybridized carbons (Fsp3) is 0.345. The molecule has 6 nitrogen and oxygen atoms in total. The van der Waals surface area contributed by atoms with Crippen LogP contribution < -0.4 is 11.1 Å². The molecule has 1 aromatic carbocycles. The minimum absolute atomic E-state index is 0.347. The third-order valence-corrected chi connectivity index (χ3v) is 6.48. The molecule has 8 heteroatoms. The standard InChI is InChI=1S/C29H36F2N6/c1-5-7-21(14-32)15-35-16-23-17-36-28-13-10-22(18-37(23)28)25-11-12-27(30)29(31)26(25)9-6-8-24(19(2)33)20(3)34-4/h7,10-14,17-18,32,35H,5-6,8-9,15-16,33H2,1-4H3/b21-7+,24-19-,32-14?,34-20?. The monoisotopic (exact) mass is 506 g/mol. The zero-order valence-corrected chi connectivity index (χ0v) is 22.0. The summed E-state index contributed by atoms with van der Waals surface area (Å²) in [5.74, 6) is -1.67. The van der Waals surface area contributed by atoms with Crippen molar-refractivity contribution in [3.8, 4) is 11.1 Å². The second kappa shape index (κ2) is 13.1. The SMILES string of the molecule is CC/C=C(\C=N)CNCc1cnc2ccc(-c3ccc(F)c(F)c3CCC/C(C(C)=NC)=C(\C)N)cn12. The van der Waals surface area contributed by atoms with Crippen molar-refractivity contribution in [2.75, 3.05) is 13.6 Å². The first kappa shape index (κ1) is 27.9. The Balaban J connectivity index is 1.88. The van der Waals surface area contributed by atoms with Crippen molar-refractivity contribution in [1.82, 2.24) is 14.7 Å². The normalized spacial score (nSPS) is 13.2. The van der Waals surface area contributed by atoms with E-state index in [4.69, 9.17) is 11.1 Å². The van der Waals surface area contributed by atoms with Crippen molar-refractivity contribution in [3.63, 3.8) is 0 Å². The molecule has 0 atom stereocenters. The fourth-order valence-electron chi connectivity index (χ4n) is 4.45. The highest BCUT2D eigenvalue weighted by Crippen LogP contribution is 2.30. The van der Waals surface area contributed by atoms with Gasteiger partial charge >= 0.3 is 0 Å². The Kier molecular flexibility index (Phi) is 9.85. The fourth-order valence-corrected chi connectivity index (χ4v) is 4.45. The van der Waals surface area contributed by atoms with Crippen LogP contribution in [-0.4, -0.2) is 34.9 Å². The number of benzene rings is 1. The van der Waals surface area contributed by atoms with Crippen LogP contribution in [-0.2, 0) is 13.0 Å². The molecular formula is C29H36F2N6. The first-order valence-corrected chi connectivity index (χ1v) is 12.5. The van der Waals surface area contributed by atoms with E-state index < -0.39 is 11.6 Å². The Morgan fingerprint density at radius 2 is 2.00 bits per heavy atom. The quantitative estimate of drug-likeness (QED) is 0.263. The van der Waals surface area contributed by atoms with Crippen molar-refractivity contribution in [2.45, 2.75) is 53.0 Å². The third kappa shape index (κ3) is 6.77. The maximum Gasteiger partial charge on any atom is 0.162 e. The zero-order chi connectivity index (χ0) is 26.9. The van der Waals surface area contributed by atoms with Crippen LogP contribution >= 0.6 is 0 Å². The molecular weight excluding hydrogens is 470 g/mol. The molecule has 0 unspecified atom stereocenters. The maximum atomic E-state index is 15.0. The highest BCUT2D eigenvalue weighted by molar-refractivity contribution is 5.98. The summed E-state index contributed by atoms with van der Waals surface area (Å²) < 4.78 is 31.3. The van der Waals surface area contributed by atoms with E-state index in [1.165, 1.54) is 12.3 Å². The summed E-state index contributed by atoms with van der Waals surface area (Å²) in [6.45, 7) is 6.90. The maximum absolute atomic E-state index is 15.0. The van der Waals surface area contributed by atoms with Gasteiger partial charge in [0.05, 0.1) is 11.9 Å². The van der Waals surface area contributed by atoms with Crippen LogP contribution in [0.4, 0.5) is 8.78 Å². The molecule has 4 N–H and O–H groups in total. The molecule has 0 aliphatic carbocycles. The number of hydrogen-bond acceptors (Lipinski definition) is 5. The number of nitrogens with one attached hydrogen (secondary N) is 2. The number of nitrogens with zero attached hydrogens (tertiary/aromatic N) is 3. The van der Waals surface area contributed by atoms with Gasteiger partial charge in [0.2, 0.25) is 0 Å². The van der Waals surface area contributed by atoms with Crippen molar-refractivity contribution >= 4 is 17.6 Å². The lowest BCUT2D eigenvalue weighted by atomic mass is 9.94. The van der Waals surface area contributed by atoms with Crippen molar-refractivity contribution in [1.29, 1.82) is 5.41 Å². The average Bonchev–Trinajstić information content (AvgIpc) is 3.29. The van der Waals surface area contributed by atoms with Crippen molar-refractivity contribution in [3.05, 3.63) is 82.5 Å². The van der Waals surface area contributed by atoms with Crippen LogP contribution in [0.1, 0.15) is 51.3 Å². The molecule has 0 radical (unpaired) electrons. The number of allylic oxidation sites excluding steroid dienone is 3. The number of imidazole rings is 1. The highest BCUT2D eigenvalue weighted by atomic mass is 19.2. The summed E-state index contributed by atoms with van der Waals surface area (Å²) in [5.41, 5.74) is 12.9. The molecule has 2 heterocycles. The van der Waals surface area contributed by atoms with Gasteiger partial charge in [0.15, 0.2) is 11.6 Å². The number of pyridine rings is 1. The van der Waals surface area contributed by atoms with E-state index in [1.807, 2.05) is 49.6 Å². The number of rotatable bonds is 12. The van der Waals surface area contributed by atoms with E-state index in [9.17, 15) is 4.39 Å². The molecule has 37 heavy (non-hydrogen) atoms. The van der Waals surface area contributed by atoms with E-state index in [0.29, 0.717) is 49.2 Å². The highest BCUT2D eigenvalue weighted by Gasteiger charge is 2.17. The first-order chi connectivity index (χ1) is 17.8. The van der Waals surface area contributed by atoms with Crippen molar-refractivity contribution < 1.29 is 8.78 Å². The van der Waals surface area contributed by atoms with Gasteiger partial charge in [0.1, 0.15) is 5.65 Å². The van der Waals surface area contributed by atoms with Crippen LogP contribution in [0.15, 0.2) is 64.6 Å². The molecule has 0 amide bonds. The number of fused-ring (bicyclic) bond motifs is 1. The van der Waals surface area contributed by atoms with Crippen LogP contribution in [0.5, 0.6) is 0 Å². The van der Waals surface area contributed by atoms with Gasteiger partial charge in [-0.3, -0.25) is 4.99 Å². The second-order valence-corrected chi connectivity index (χ2v) is 9.04. The van der Waals surface area contributed by atoms with E-state index in [0.717, 1.165) is 40.2 Å². The first-order valence-electron chi connectivity index (χ1n) is 12.5. The number of halogens is 2. The lowest BCUT2D eigenvalue weighted by Crippen LogP contribution is -2.18. The lowest BCUT2D eigenvalue weighted by Gasteiger charge is -2.14. The number of nitrogens with two attached hydrogens (primary N) is 1. The Bertz CT molecular complexity index is 1350. The largest absolute Gasteiger partial charge is 0.402 e. The summed E-state index contributed by atoms with van der Waals surface area (Å²) in [5, 5.41) is 10.9. The molecule has 0 aliphatic heterocycles. The van der Waals surface area contributed by atoms with E-state index in [1.54, 1.807) is 19.3 Å². The predicted octanol–water partition coefficient (Wildman–Crippen LogP) is 6.00. The zero-order valence-electron chi connectivity index (χ0n) is 22.0. The minimum Gasteiger partial charge on any atom is -0.402 e. The molecule has 2 aromatic heterocycles. The predicted molar refractivity (Wildman–Crippen MR) is 148 cm³/mol. The lowest BCUT2D eigenvalue weighted by molar-refractivity contribution is 0.498. The third-order valence-electron chi connectivity index (χ3n) is 6.48. The molecule has 196 valence electrons. The Morgan fingerprint density at radius 1 is 1.22 bits per heavy atom. The summed E-state index contributed by atoms with van der Waals surface area (Å²) in [7, 11) is 1.72. The molecule has 3 rings (SSSR count). The molecule has 3 aromatic rings. The summed E-state index contributed by atoms with van der Waals surface area (Å²) in [6, 6.07) is 6.58. The van der Waals surface area contributed by atoms with Gasteiger partial charge in [0, 0.05) is 44.0 Å². The molecule has 0 bridgehead atoms. The van der Waals surface area contributed by atoms with E-state index in [-0.39, 0.29) is 0 Å². The van der Waals surface area contributed by atoms with Crippen LogP contribution in [0.2, 0.25) is 0 Å². The molecule has 0 saturated heterocycles. The van der Waals surface area contributed by atoms with Gasteiger partial charge in [-0.05, 0) is 85.6 Å². The second-order valence-electron chi connectivity index (χ2n) is 9.04. The molecule has 0 aliphatic rings. The van der Waals surface area contributed by atoms with E-state index in [2.05, 4.69) is 15.3 Å². The average molecular weight is 507 g/mol. The number of aliphatic imine (C=N–C) groups is 1. The topological polar surface area (TPSA) is 91.6 Å². The molecule has 0 spiro atoms. The summed E-state index contributed by atoms with van der Waals surface area (Å²) >= 11 is 0. The van der Waals surface area contributed by atoms with Crippen LogP contribution in [0, 0.1) is 17.0 Å². The summed E-state index contributed by atoms with van der Waals surface area (Å²) in [6.07, 6.45) is 9.55.